The molecule has 1 aliphatic carbocycles. The third-order valence-electron chi connectivity index (χ3n) is 6.44. The summed E-state index contributed by atoms with van der Waals surface area (Å²) in [6.07, 6.45) is 3.89. The molecule has 0 aromatic heterocycles. The molecule has 1 saturated carbocycles. The van der Waals surface area contributed by atoms with Gasteiger partial charge in [-0.2, -0.15) is 0 Å². The van der Waals surface area contributed by atoms with Gasteiger partial charge in [-0.1, -0.05) is 18.2 Å². The number of ether oxygens (including phenoxy) is 2. The van der Waals surface area contributed by atoms with Crippen LogP contribution in [0.5, 0.6) is 11.5 Å². The molecule has 0 radical (unpaired) electrons. The van der Waals surface area contributed by atoms with Crippen molar-refractivity contribution in [2.24, 2.45) is 4.99 Å². The van der Waals surface area contributed by atoms with Gasteiger partial charge in [-0.05, 0) is 54.7 Å². The number of rotatable bonds is 6. The number of anilines is 1. The zero-order valence-corrected chi connectivity index (χ0v) is 17.8. The molecule has 2 aromatic carbocycles. The standard InChI is InChI=1S/C24H28N4O3/c1-25-23(26-14-17-4-7-19(8-5-17)28-12-2-3-22(28)29)27-15-24(10-11-24)18-6-9-20-21(13-18)31-16-30-20/h4-9,13H,2-3,10-12,14-16H2,1H3,(H2,25,26,27). The molecule has 0 unspecified atom stereocenters. The summed E-state index contributed by atoms with van der Waals surface area (Å²) >= 11 is 0. The first kappa shape index (κ1) is 19.7. The van der Waals surface area contributed by atoms with Crippen LogP contribution < -0.4 is 25.0 Å². The molecule has 7 heteroatoms. The van der Waals surface area contributed by atoms with E-state index in [1.165, 1.54) is 5.56 Å². The molecule has 1 saturated heterocycles. The lowest BCUT2D eigenvalue weighted by Gasteiger charge is -2.20. The number of nitrogens with zero attached hydrogens (tertiary/aromatic N) is 2. The Hall–Kier alpha value is -3.22. The van der Waals surface area contributed by atoms with Crippen molar-refractivity contribution in [2.45, 2.75) is 37.6 Å². The Morgan fingerprint density at radius 3 is 2.61 bits per heavy atom. The zero-order valence-electron chi connectivity index (χ0n) is 17.8. The molecule has 0 atom stereocenters. The molecule has 2 aromatic rings. The Morgan fingerprint density at radius 1 is 1.10 bits per heavy atom. The van der Waals surface area contributed by atoms with E-state index in [4.69, 9.17) is 9.47 Å². The number of amides is 1. The van der Waals surface area contributed by atoms with Crippen LogP contribution in [0, 0.1) is 0 Å². The lowest BCUT2D eigenvalue weighted by Crippen LogP contribution is -2.40. The summed E-state index contributed by atoms with van der Waals surface area (Å²) in [6.45, 7) is 2.61. The smallest absolute Gasteiger partial charge is 0.231 e. The van der Waals surface area contributed by atoms with Gasteiger partial charge in [0.05, 0.1) is 0 Å². The van der Waals surface area contributed by atoms with E-state index in [-0.39, 0.29) is 11.3 Å². The summed E-state index contributed by atoms with van der Waals surface area (Å²) in [4.78, 5) is 18.1. The number of carbonyl (C=O) groups is 1. The van der Waals surface area contributed by atoms with Crippen LogP contribution in [0.2, 0.25) is 0 Å². The van der Waals surface area contributed by atoms with E-state index in [1.54, 1.807) is 7.05 Å². The van der Waals surface area contributed by atoms with Crippen LogP contribution in [0.15, 0.2) is 47.5 Å². The van der Waals surface area contributed by atoms with Crippen molar-refractivity contribution in [3.8, 4) is 11.5 Å². The molecule has 0 spiro atoms. The van der Waals surface area contributed by atoms with Gasteiger partial charge >= 0.3 is 0 Å². The van der Waals surface area contributed by atoms with Crippen molar-refractivity contribution < 1.29 is 14.3 Å². The first-order valence-corrected chi connectivity index (χ1v) is 10.9. The average molecular weight is 421 g/mol. The van der Waals surface area contributed by atoms with Crippen LogP contribution in [0.25, 0.3) is 0 Å². The van der Waals surface area contributed by atoms with Crippen LogP contribution in [0.4, 0.5) is 5.69 Å². The molecule has 2 N–H and O–H groups in total. The molecule has 2 aliphatic heterocycles. The molecule has 7 nitrogen and oxygen atoms in total. The first-order chi connectivity index (χ1) is 15.2. The van der Waals surface area contributed by atoms with Gasteiger partial charge in [-0.15, -0.1) is 0 Å². The van der Waals surface area contributed by atoms with E-state index in [9.17, 15) is 4.79 Å². The summed E-state index contributed by atoms with van der Waals surface area (Å²) in [5, 5.41) is 6.88. The number of carbonyl (C=O) groups excluding carboxylic acids is 1. The van der Waals surface area contributed by atoms with E-state index in [0.29, 0.717) is 19.8 Å². The second-order valence-corrected chi connectivity index (χ2v) is 8.44. The number of nitrogens with one attached hydrogen (secondary N) is 2. The second-order valence-electron chi connectivity index (χ2n) is 8.44. The summed E-state index contributed by atoms with van der Waals surface area (Å²) in [5.74, 6) is 2.66. The maximum atomic E-state index is 11.9. The quantitative estimate of drug-likeness (QED) is 0.555. The number of benzene rings is 2. The van der Waals surface area contributed by atoms with E-state index in [2.05, 4.69) is 39.9 Å². The molecule has 2 heterocycles. The summed E-state index contributed by atoms with van der Waals surface area (Å²) in [5.41, 5.74) is 3.54. The summed E-state index contributed by atoms with van der Waals surface area (Å²) < 4.78 is 11.0. The highest BCUT2D eigenvalue weighted by molar-refractivity contribution is 5.95. The minimum Gasteiger partial charge on any atom is -0.454 e. The van der Waals surface area contributed by atoms with Crippen LogP contribution >= 0.6 is 0 Å². The number of hydrogen-bond donors (Lipinski definition) is 2. The number of guanidine groups is 1. The zero-order chi connectivity index (χ0) is 21.3. The topological polar surface area (TPSA) is 75.2 Å². The normalized spacial score (nSPS) is 18.9. The first-order valence-electron chi connectivity index (χ1n) is 10.9. The molecule has 0 bridgehead atoms. The SMILES string of the molecule is CN=C(NCc1ccc(N2CCCC2=O)cc1)NCC1(c2ccc3c(c2)OCO3)CC1. The monoisotopic (exact) mass is 420 g/mol. The Kier molecular flexibility index (Phi) is 5.18. The van der Waals surface area contributed by atoms with Gasteiger partial charge in [0, 0.05) is 44.2 Å². The van der Waals surface area contributed by atoms with Crippen LogP contribution in [-0.4, -0.2) is 38.8 Å². The minimum atomic E-state index is 0.127. The van der Waals surface area contributed by atoms with E-state index >= 15 is 0 Å². The van der Waals surface area contributed by atoms with Crippen molar-refractivity contribution >= 4 is 17.6 Å². The van der Waals surface area contributed by atoms with Gasteiger partial charge in [0.1, 0.15) is 0 Å². The second kappa shape index (κ2) is 8.13. The molecule has 2 fully saturated rings. The third kappa shape index (κ3) is 4.04. The maximum absolute atomic E-state index is 11.9. The summed E-state index contributed by atoms with van der Waals surface area (Å²) in [7, 11) is 1.79. The lowest BCUT2D eigenvalue weighted by atomic mass is 9.95. The van der Waals surface area contributed by atoms with Gasteiger partial charge in [-0.25, -0.2) is 0 Å². The third-order valence-corrected chi connectivity index (χ3v) is 6.44. The van der Waals surface area contributed by atoms with E-state index in [0.717, 1.165) is 61.1 Å². The largest absolute Gasteiger partial charge is 0.454 e. The van der Waals surface area contributed by atoms with Gasteiger partial charge in [-0.3, -0.25) is 9.79 Å². The Labute approximate surface area is 182 Å². The molecular weight excluding hydrogens is 392 g/mol. The van der Waals surface area contributed by atoms with Crippen LogP contribution in [0.3, 0.4) is 0 Å². The Balaban J connectivity index is 1.15. The highest BCUT2D eigenvalue weighted by Gasteiger charge is 2.44. The van der Waals surface area contributed by atoms with Gasteiger partial charge in [0.2, 0.25) is 12.7 Å². The number of fused-ring (bicyclic) bond motifs is 1. The van der Waals surface area contributed by atoms with E-state index < -0.39 is 0 Å². The number of aliphatic imine (C=N–C) groups is 1. The fraction of sp³-hybridized carbons (Fsp3) is 0.417. The van der Waals surface area contributed by atoms with Gasteiger partial charge in [0.15, 0.2) is 17.5 Å². The number of hydrogen-bond acceptors (Lipinski definition) is 4. The molecule has 31 heavy (non-hydrogen) atoms. The van der Waals surface area contributed by atoms with Gasteiger partial charge in [0.25, 0.3) is 0 Å². The van der Waals surface area contributed by atoms with Crippen molar-refractivity contribution in [3.05, 3.63) is 53.6 Å². The molecule has 3 aliphatic rings. The predicted molar refractivity (Wildman–Crippen MR) is 120 cm³/mol. The van der Waals surface area contributed by atoms with Crippen molar-refractivity contribution in [2.75, 3.05) is 31.8 Å². The highest BCUT2D eigenvalue weighted by Crippen LogP contribution is 2.49. The fourth-order valence-corrected chi connectivity index (χ4v) is 4.32. The van der Waals surface area contributed by atoms with Crippen molar-refractivity contribution in [1.82, 2.24) is 10.6 Å². The van der Waals surface area contributed by atoms with Gasteiger partial charge < -0.3 is 25.0 Å². The average Bonchev–Trinajstić information content (AvgIpc) is 3.23. The molecule has 5 rings (SSSR count). The highest BCUT2D eigenvalue weighted by atomic mass is 16.7. The Morgan fingerprint density at radius 2 is 1.90 bits per heavy atom. The van der Waals surface area contributed by atoms with Crippen molar-refractivity contribution in [3.63, 3.8) is 0 Å². The maximum Gasteiger partial charge on any atom is 0.231 e. The fourth-order valence-electron chi connectivity index (χ4n) is 4.32. The molecule has 162 valence electrons. The summed E-state index contributed by atoms with van der Waals surface area (Å²) in [6, 6.07) is 14.4. The van der Waals surface area contributed by atoms with Crippen LogP contribution in [0.1, 0.15) is 36.8 Å². The molecular formula is C24H28N4O3. The van der Waals surface area contributed by atoms with Crippen molar-refractivity contribution in [1.29, 1.82) is 0 Å². The van der Waals surface area contributed by atoms with Crippen LogP contribution in [-0.2, 0) is 16.8 Å². The lowest BCUT2D eigenvalue weighted by molar-refractivity contribution is -0.117. The predicted octanol–water partition coefficient (Wildman–Crippen LogP) is 2.94. The Bertz CT molecular complexity index is 998. The minimum absolute atomic E-state index is 0.127. The van der Waals surface area contributed by atoms with E-state index in [1.807, 2.05) is 23.1 Å². The molecule has 1 amide bonds.